The van der Waals surface area contributed by atoms with Gasteiger partial charge in [0.1, 0.15) is 42.4 Å². The van der Waals surface area contributed by atoms with E-state index in [0.717, 1.165) is 40.1 Å². The second-order valence-electron chi connectivity index (χ2n) is 11.0. The minimum atomic E-state index is -0.862. The number of benzene rings is 3. The number of nitrogens with zero attached hydrogens (tertiary/aromatic N) is 2. The van der Waals surface area contributed by atoms with E-state index in [4.69, 9.17) is 18.9 Å². The number of rotatable bonds is 10. The third kappa shape index (κ3) is 5.49. The first-order chi connectivity index (χ1) is 20.9. The number of methoxy groups -OCH3 is 2. The number of imidazole rings is 1. The highest BCUT2D eigenvalue weighted by Crippen LogP contribution is 2.53. The molecule has 3 atom stereocenters. The monoisotopic (exact) mass is 588 g/mol. The molecule has 0 bridgehead atoms. The Kier molecular flexibility index (Phi) is 8.16. The van der Waals surface area contributed by atoms with Gasteiger partial charge in [-0.2, -0.15) is 0 Å². The van der Waals surface area contributed by atoms with Crippen molar-refractivity contribution in [2.24, 2.45) is 0 Å². The summed E-state index contributed by atoms with van der Waals surface area (Å²) in [6, 6.07) is 12.1. The number of hydrogen-bond acceptors (Lipinski definition) is 9. The lowest BCUT2D eigenvalue weighted by Crippen LogP contribution is -2.32. The van der Waals surface area contributed by atoms with E-state index in [1.165, 1.54) is 13.2 Å². The summed E-state index contributed by atoms with van der Waals surface area (Å²) in [5, 5.41) is 41.6. The van der Waals surface area contributed by atoms with Crippen LogP contribution in [0.2, 0.25) is 0 Å². The van der Waals surface area contributed by atoms with Crippen molar-refractivity contribution in [1.82, 2.24) is 9.55 Å². The SMILES string of the molecule is COCc1nccn1CC[C@H]1Cc2cc(O)ccc2-c2c(OCCO)cc3c(c21)C[C@@H](O)[C@@H](c1ccc(O)c(OC)c1)O3. The van der Waals surface area contributed by atoms with Crippen LogP contribution < -0.4 is 14.2 Å². The number of fused-ring (bicyclic) bond motifs is 5. The molecule has 4 N–H and O–H groups in total. The summed E-state index contributed by atoms with van der Waals surface area (Å²) >= 11 is 0. The van der Waals surface area contributed by atoms with E-state index >= 15 is 0 Å². The van der Waals surface area contributed by atoms with Crippen molar-refractivity contribution < 1.29 is 39.4 Å². The molecule has 226 valence electrons. The number of aliphatic hydroxyl groups excluding tert-OH is 2. The highest BCUT2D eigenvalue weighted by Gasteiger charge is 2.38. The van der Waals surface area contributed by atoms with Crippen LogP contribution in [0.4, 0.5) is 0 Å². The summed E-state index contributed by atoms with van der Waals surface area (Å²) in [5.41, 5.74) is 5.46. The molecule has 4 aromatic rings. The molecule has 43 heavy (non-hydrogen) atoms. The molecule has 1 aliphatic heterocycles. The van der Waals surface area contributed by atoms with Gasteiger partial charge in [-0.05, 0) is 65.3 Å². The van der Waals surface area contributed by atoms with Crippen LogP contribution in [-0.2, 0) is 30.7 Å². The van der Waals surface area contributed by atoms with Gasteiger partial charge in [-0.25, -0.2) is 4.98 Å². The van der Waals surface area contributed by atoms with Gasteiger partial charge in [0.2, 0.25) is 0 Å². The summed E-state index contributed by atoms with van der Waals surface area (Å²) in [4.78, 5) is 4.43. The van der Waals surface area contributed by atoms with Crippen LogP contribution in [0.1, 0.15) is 46.5 Å². The molecule has 0 radical (unpaired) electrons. The lowest BCUT2D eigenvalue weighted by Gasteiger charge is -2.38. The molecule has 3 aromatic carbocycles. The van der Waals surface area contributed by atoms with E-state index in [1.807, 2.05) is 18.3 Å². The molecule has 10 nitrogen and oxygen atoms in total. The summed E-state index contributed by atoms with van der Waals surface area (Å²) in [6.45, 7) is 1.03. The Labute approximate surface area is 249 Å². The molecule has 0 saturated carbocycles. The lowest BCUT2D eigenvalue weighted by molar-refractivity contribution is 0.0200. The summed E-state index contributed by atoms with van der Waals surface area (Å²) in [5.74, 6) is 2.51. The molecular weight excluding hydrogens is 552 g/mol. The lowest BCUT2D eigenvalue weighted by atomic mass is 9.73. The van der Waals surface area contributed by atoms with Crippen LogP contribution >= 0.6 is 0 Å². The van der Waals surface area contributed by atoms with Crippen molar-refractivity contribution in [3.05, 3.63) is 82.9 Å². The smallest absolute Gasteiger partial charge is 0.160 e. The predicted octanol–water partition coefficient (Wildman–Crippen LogP) is 4.25. The van der Waals surface area contributed by atoms with Crippen LogP contribution in [0.5, 0.6) is 28.7 Å². The first kappa shape index (κ1) is 28.9. The van der Waals surface area contributed by atoms with Gasteiger partial charge in [-0.3, -0.25) is 0 Å². The number of aliphatic hydroxyl groups is 2. The minimum absolute atomic E-state index is 0.00445. The van der Waals surface area contributed by atoms with Gasteiger partial charge in [0.25, 0.3) is 0 Å². The maximum absolute atomic E-state index is 11.5. The van der Waals surface area contributed by atoms with E-state index in [1.54, 1.807) is 37.6 Å². The number of phenols is 2. The predicted molar refractivity (Wildman–Crippen MR) is 158 cm³/mol. The number of phenolic OH excluding ortho intramolecular Hbond substituents is 2. The van der Waals surface area contributed by atoms with E-state index in [-0.39, 0.29) is 30.6 Å². The second-order valence-corrected chi connectivity index (χ2v) is 11.0. The van der Waals surface area contributed by atoms with Crippen LogP contribution in [0.3, 0.4) is 0 Å². The molecule has 6 rings (SSSR count). The standard InChI is InChI=1S/C33H36N2O8/c1-40-18-30-34-8-10-35(30)9-7-19-13-21-14-22(37)4-5-23(21)32-29(42-12-11-36)17-27-24(31(19)32)16-26(39)33(43-27)20-3-6-25(38)28(15-20)41-2/h3-6,8,10,14-15,17,19,26,33,36-39H,7,9,11-13,16,18H2,1-2H3/t19-,26+,33+/m0/s1. The Hall–Kier alpha value is -4.25. The quantitative estimate of drug-likeness (QED) is 0.214. The molecule has 0 fully saturated rings. The van der Waals surface area contributed by atoms with Gasteiger partial charge in [-0.15, -0.1) is 0 Å². The number of aromatic hydroxyl groups is 2. The van der Waals surface area contributed by atoms with Gasteiger partial charge < -0.3 is 43.9 Å². The normalized spacial score (nSPS) is 18.7. The number of hydrogen-bond donors (Lipinski definition) is 4. The molecule has 2 heterocycles. The fraction of sp³-hybridized carbons (Fsp3) is 0.364. The highest BCUT2D eigenvalue weighted by molar-refractivity contribution is 5.83. The average Bonchev–Trinajstić information content (AvgIpc) is 3.45. The number of ether oxygens (including phenoxy) is 4. The maximum Gasteiger partial charge on any atom is 0.160 e. The Morgan fingerprint density at radius 1 is 1.05 bits per heavy atom. The van der Waals surface area contributed by atoms with Crippen LogP contribution in [0.15, 0.2) is 54.9 Å². The van der Waals surface area contributed by atoms with Gasteiger partial charge in [0.05, 0.1) is 19.8 Å². The third-order valence-corrected chi connectivity index (χ3v) is 8.32. The summed E-state index contributed by atoms with van der Waals surface area (Å²) in [7, 11) is 3.12. The fourth-order valence-electron chi connectivity index (χ4n) is 6.42. The molecule has 10 heteroatoms. The first-order valence-corrected chi connectivity index (χ1v) is 14.4. The largest absolute Gasteiger partial charge is 0.508 e. The molecule has 1 aliphatic carbocycles. The Balaban J connectivity index is 1.46. The van der Waals surface area contributed by atoms with Crippen molar-refractivity contribution in [2.75, 3.05) is 27.4 Å². The van der Waals surface area contributed by atoms with Gasteiger partial charge in [0, 0.05) is 49.7 Å². The first-order valence-electron chi connectivity index (χ1n) is 14.4. The molecular formula is C33H36N2O8. The Bertz CT molecular complexity index is 1620. The van der Waals surface area contributed by atoms with Crippen molar-refractivity contribution in [3.63, 3.8) is 0 Å². The van der Waals surface area contributed by atoms with Crippen molar-refractivity contribution in [3.8, 4) is 39.9 Å². The minimum Gasteiger partial charge on any atom is -0.508 e. The van der Waals surface area contributed by atoms with Gasteiger partial charge >= 0.3 is 0 Å². The zero-order chi connectivity index (χ0) is 30.1. The van der Waals surface area contributed by atoms with Crippen molar-refractivity contribution in [2.45, 2.75) is 50.5 Å². The third-order valence-electron chi connectivity index (χ3n) is 8.32. The molecule has 0 unspecified atom stereocenters. The molecule has 0 amide bonds. The van der Waals surface area contributed by atoms with E-state index in [0.29, 0.717) is 48.8 Å². The number of aryl methyl sites for hydroxylation is 1. The Morgan fingerprint density at radius 3 is 2.70 bits per heavy atom. The van der Waals surface area contributed by atoms with E-state index in [9.17, 15) is 20.4 Å². The van der Waals surface area contributed by atoms with Crippen molar-refractivity contribution >= 4 is 0 Å². The van der Waals surface area contributed by atoms with E-state index < -0.39 is 12.2 Å². The summed E-state index contributed by atoms with van der Waals surface area (Å²) in [6.07, 6.45) is 3.92. The van der Waals surface area contributed by atoms with Crippen molar-refractivity contribution in [1.29, 1.82) is 0 Å². The van der Waals surface area contributed by atoms with Crippen LogP contribution in [-0.4, -0.2) is 63.5 Å². The van der Waals surface area contributed by atoms with E-state index in [2.05, 4.69) is 9.55 Å². The Morgan fingerprint density at radius 2 is 1.91 bits per heavy atom. The molecule has 1 aromatic heterocycles. The summed E-state index contributed by atoms with van der Waals surface area (Å²) < 4.78 is 25.4. The molecule has 0 spiro atoms. The molecule has 2 aliphatic rings. The average molecular weight is 589 g/mol. The topological polar surface area (TPSA) is 136 Å². The molecule has 0 saturated heterocycles. The highest BCUT2D eigenvalue weighted by atomic mass is 16.5. The fourth-order valence-corrected chi connectivity index (χ4v) is 6.42. The zero-order valence-electron chi connectivity index (χ0n) is 24.2. The second kappa shape index (κ2) is 12.2. The number of aromatic nitrogens is 2. The zero-order valence-corrected chi connectivity index (χ0v) is 24.2. The van der Waals surface area contributed by atoms with Crippen LogP contribution in [0, 0.1) is 0 Å². The van der Waals surface area contributed by atoms with Gasteiger partial charge in [0.15, 0.2) is 11.5 Å². The van der Waals surface area contributed by atoms with Crippen LogP contribution in [0.25, 0.3) is 11.1 Å². The maximum atomic E-state index is 11.5. The van der Waals surface area contributed by atoms with Gasteiger partial charge in [-0.1, -0.05) is 12.1 Å².